The topological polar surface area (TPSA) is 42.0 Å². The molecule has 3 aromatic rings. The summed E-state index contributed by atoms with van der Waals surface area (Å²) >= 11 is 6.07. The van der Waals surface area contributed by atoms with Gasteiger partial charge in [-0.15, -0.1) is 0 Å². The van der Waals surface area contributed by atoms with Gasteiger partial charge in [-0.2, -0.15) is 0 Å². The van der Waals surface area contributed by atoms with Crippen molar-refractivity contribution in [2.45, 2.75) is 6.42 Å². The summed E-state index contributed by atoms with van der Waals surface area (Å²) in [6, 6.07) is 15.2. The Bertz CT molecular complexity index is 796. The summed E-state index contributed by atoms with van der Waals surface area (Å²) in [6.45, 7) is 0. The maximum Gasteiger partial charge on any atom is 0.228 e. The largest absolute Gasteiger partial charge is 0.324 e. The molecule has 4 heteroatoms. The number of hydrogen-bond acceptors (Lipinski definition) is 2. The molecule has 1 aromatic heterocycles. The third-order valence-electron chi connectivity index (χ3n) is 3.25. The zero-order chi connectivity index (χ0) is 14.7. The summed E-state index contributed by atoms with van der Waals surface area (Å²) in [5.74, 6) is -0.110. The van der Waals surface area contributed by atoms with Crippen LogP contribution in [0.1, 0.15) is 5.56 Å². The molecule has 2 aromatic carbocycles. The Balaban J connectivity index is 1.82. The fraction of sp³-hybridized carbons (Fsp3) is 0.0588. The number of fused-ring (bicyclic) bond motifs is 1. The summed E-state index contributed by atoms with van der Waals surface area (Å²) in [6.07, 6.45) is 3.68. The zero-order valence-electron chi connectivity index (χ0n) is 11.2. The summed E-state index contributed by atoms with van der Waals surface area (Å²) in [4.78, 5) is 16.3. The van der Waals surface area contributed by atoms with Crippen LogP contribution in [0.15, 0.2) is 60.9 Å². The minimum Gasteiger partial charge on any atom is -0.324 e. The second-order valence-corrected chi connectivity index (χ2v) is 5.13. The van der Waals surface area contributed by atoms with Gasteiger partial charge in [-0.25, -0.2) is 0 Å². The number of aromatic nitrogens is 1. The first kappa shape index (κ1) is 13.6. The van der Waals surface area contributed by atoms with Crippen LogP contribution in [0.3, 0.4) is 0 Å². The molecule has 0 saturated heterocycles. The van der Waals surface area contributed by atoms with Crippen LogP contribution < -0.4 is 5.32 Å². The van der Waals surface area contributed by atoms with Crippen molar-refractivity contribution in [1.82, 2.24) is 4.98 Å². The molecule has 3 nitrogen and oxygen atoms in total. The number of hydrogen-bond donors (Lipinski definition) is 1. The molecule has 104 valence electrons. The number of halogens is 1. The van der Waals surface area contributed by atoms with Crippen molar-refractivity contribution in [2.75, 3.05) is 5.32 Å². The van der Waals surface area contributed by atoms with Crippen LogP contribution in [0.4, 0.5) is 5.69 Å². The maximum absolute atomic E-state index is 12.2. The lowest BCUT2D eigenvalue weighted by molar-refractivity contribution is -0.115. The number of carbonyl (C=O) groups excluding carboxylic acids is 1. The summed E-state index contributed by atoms with van der Waals surface area (Å²) in [5.41, 5.74) is 1.52. The van der Waals surface area contributed by atoms with Crippen molar-refractivity contribution in [2.24, 2.45) is 0 Å². The highest BCUT2D eigenvalue weighted by molar-refractivity contribution is 6.31. The number of amides is 1. The first-order valence-corrected chi connectivity index (χ1v) is 6.98. The average Bonchev–Trinajstić information content (AvgIpc) is 2.50. The Morgan fingerprint density at radius 1 is 1.05 bits per heavy atom. The molecule has 0 atom stereocenters. The molecule has 1 amide bonds. The van der Waals surface area contributed by atoms with E-state index >= 15 is 0 Å². The van der Waals surface area contributed by atoms with Gasteiger partial charge in [-0.05, 0) is 11.6 Å². The van der Waals surface area contributed by atoms with E-state index < -0.39 is 0 Å². The number of nitrogens with zero attached hydrogens (tertiary/aromatic N) is 1. The third kappa shape index (κ3) is 3.03. The van der Waals surface area contributed by atoms with Gasteiger partial charge >= 0.3 is 0 Å². The van der Waals surface area contributed by atoms with E-state index in [9.17, 15) is 4.79 Å². The van der Waals surface area contributed by atoms with Crippen molar-refractivity contribution in [3.8, 4) is 0 Å². The Hall–Kier alpha value is -2.39. The Kier molecular flexibility index (Phi) is 3.84. The molecular weight excluding hydrogens is 284 g/mol. The van der Waals surface area contributed by atoms with Gasteiger partial charge in [-0.1, -0.05) is 54.1 Å². The minimum atomic E-state index is -0.110. The van der Waals surface area contributed by atoms with Gasteiger partial charge in [-0.3, -0.25) is 9.78 Å². The standard InChI is InChI=1S/C17H13ClN2O/c18-15-8-4-2-5-12(15)9-17(21)20-16-11-19-10-13-6-1-3-7-14(13)16/h1-8,10-11H,9H2,(H,20,21). The SMILES string of the molecule is O=C(Cc1ccccc1Cl)Nc1cncc2ccccc12. The number of pyridine rings is 1. The highest BCUT2D eigenvalue weighted by Crippen LogP contribution is 2.22. The third-order valence-corrected chi connectivity index (χ3v) is 3.62. The molecule has 0 bridgehead atoms. The molecular formula is C17H13ClN2O. The molecule has 21 heavy (non-hydrogen) atoms. The zero-order valence-corrected chi connectivity index (χ0v) is 12.0. The number of benzene rings is 2. The lowest BCUT2D eigenvalue weighted by Crippen LogP contribution is -2.15. The first-order chi connectivity index (χ1) is 10.2. The number of rotatable bonds is 3. The second kappa shape index (κ2) is 5.94. The van der Waals surface area contributed by atoms with Crippen molar-refractivity contribution >= 4 is 34.0 Å². The molecule has 0 aliphatic rings. The van der Waals surface area contributed by atoms with Crippen molar-refractivity contribution < 1.29 is 4.79 Å². The Labute approximate surface area is 127 Å². The predicted octanol–water partition coefficient (Wildman–Crippen LogP) is 4.07. The fourth-order valence-electron chi connectivity index (χ4n) is 2.23. The number of nitrogens with one attached hydrogen (secondary N) is 1. The van der Waals surface area contributed by atoms with Gasteiger partial charge in [0.2, 0.25) is 5.91 Å². The molecule has 0 aliphatic heterocycles. The van der Waals surface area contributed by atoms with Crippen LogP contribution in [-0.4, -0.2) is 10.9 Å². The highest BCUT2D eigenvalue weighted by Gasteiger charge is 2.09. The Morgan fingerprint density at radius 3 is 2.67 bits per heavy atom. The van der Waals surface area contributed by atoms with Crippen LogP contribution in [0.2, 0.25) is 5.02 Å². The van der Waals surface area contributed by atoms with Gasteiger partial charge in [0, 0.05) is 22.0 Å². The molecule has 3 rings (SSSR count). The molecule has 0 fully saturated rings. The molecule has 0 radical (unpaired) electrons. The summed E-state index contributed by atoms with van der Waals surface area (Å²) in [5, 5.41) is 5.47. The first-order valence-electron chi connectivity index (χ1n) is 6.60. The van der Waals surface area contributed by atoms with E-state index in [0.717, 1.165) is 16.3 Å². The van der Waals surface area contributed by atoms with Crippen LogP contribution >= 0.6 is 11.6 Å². The smallest absolute Gasteiger partial charge is 0.228 e. The van der Waals surface area contributed by atoms with E-state index in [4.69, 9.17) is 11.6 Å². The van der Waals surface area contributed by atoms with Crippen LogP contribution in [0.25, 0.3) is 10.8 Å². The van der Waals surface area contributed by atoms with Crippen molar-refractivity contribution in [3.05, 3.63) is 71.5 Å². The van der Waals surface area contributed by atoms with Gasteiger partial charge < -0.3 is 5.32 Å². The second-order valence-electron chi connectivity index (χ2n) is 4.72. The maximum atomic E-state index is 12.2. The summed E-state index contributed by atoms with van der Waals surface area (Å²) < 4.78 is 0. The number of anilines is 1. The lowest BCUT2D eigenvalue weighted by Gasteiger charge is -2.09. The average molecular weight is 297 g/mol. The molecule has 0 saturated carbocycles. The molecule has 1 N–H and O–H groups in total. The Morgan fingerprint density at radius 2 is 1.81 bits per heavy atom. The lowest BCUT2D eigenvalue weighted by atomic mass is 10.1. The van der Waals surface area contributed by atoms with E-state index in [0.29, 0.717) is 10.7 Å². The monoisotopic (exact) mass is 296 g/mol. The fourth-order valence-corrected chi connectivity index (χ4v) is 2.43. The van der Waals surface area contributed by atoms with E-state index in [2.05, 4.69) is 10.3 Å². The number of carbonyl (C=O) groups is 1. The predicted molar refractivity (Wildman–Crippen MR) is 85.5 cm³/mol. The molecule has 0 unspecified atom stereocenters. The van der Waals surface area contributed by atoms with Gasteiger partial charge in [0.25, 0.3) is 0 Å². The van der Waals surface area contributed by atoms with E-state index in [1.165, 1.54) is 0 Å². The van der Waals surface area contributed by atoms with Crippen molar-refractivity contribution in [1.29, 1.82) is 0 Å². The highest BCUT2D eigenvalue weighted by atomic mass is 35.5. The van der Waals surface area contributed by atoms with E-state index in [1.807, 2.05) is 42.5 Å². The van der Waals surface area contributed by atoms with Crippen LogP contribution in [0.5, 0.6) is 0 Å². The normalized spacial score (nSPS) is 10.5. The van der Waals surface area contributed by atoms with Crippen LogP contribution in [-0.2, 0) is 11.2 Å². The quantitative estimate of drug-likeness (QED) is 0.791. The van der Waals surface area contributed by atoms with E-state index in [-0.39, 0.29) is 12.3 Å². The van der Waals surface area contributed by atoms with E-state index in [1.54, 1.807) is 18.5 Å². The molecule has 0 aliphatic carbocycles. The van der Waals surface area contributed by atoms with Crippen molar-refractivity contribution in [3.63, 3.8) is 0 Å². The van der Waals surface area contributed by atoms with Gasteiger partial charge in [0.15, 0.2) is 0 Å². The molecule has 0 spiro atoms. The summed E-state index contributed by atoms with van der Waals surface area (Å²) in [7, 11) is 0. The van der Waals surface area contributed by atoms with Gasteiger partial charge in [0.1, 0.15) is 0 Å². The van der Waals surface area contributed by atoms with Gasteiger partial charge in [0.05, 0.1) is 18.3 Å². The van der Waals surface area contributed by atoms with Crippen LogP contribution in [0, 0.1) is 0 Å². The molecule has 1 heterocycles. The minimum absolute atomic E-state index is 0.110.